The lowest BCUT2D eigenvalue weighted by molar-refractivity contribution is -0.627. The predicted molar refractivity (Wildman–Crippen MR) is 91.4 cm³/mol. The standard InChI is InChI=1S/C14H20BN3S2/c1-5-19-15(11-16,20-6-2)14-17(3)12-9-7-8-10-13(12)18(14)4/h7-10H,5-6H2,1-4H3. The number of benzene rings is 1. The van der Waals surface area contributed by atoms with E-state index in [4.69, 9.17) is 0 Å². The SMILES string of the molecule is CCS[B-](C#N)(SCC)c1n(C)c2ccccc2[n+]1C. The van der Waals surface area contributed by atoms with Crippen LogP contribution < -0.4 is 10.3 Å². The quantitative estimate of drug-likeness (QED) is 0.627. The van der Waals surface area contributed by atoms with Crippen LogP contribution in [0.3, 0.4) is 0 Å². The molecular formula is C14H20BN3S2. The maximum absolute atomic E-state index is 9.88. The van der Waals surface area contributed by atoms with Crippen molar-refractivity contribution in [3.8, 4) is 5.97 Å². The molecule has 0 fully saturated rings. The van der Waals surface area contributed by atoms with E-state index in [1.54, 1.807) is 23.2 Å². The molecule has 1 heterocycles. The maximum atomic E-state index is 9.88. The Kier molecular flexibility index (Phi) is 4.72. The molecule has 0 radical (unpaired) electrons. The van der Waals surface area contributed by atoms with Crippen LogP contribution in [0.4, 0.5) is 0 Å². The fourth-order valence-electron chi connectivity index (χ4n) is 2.81. The molecule has 0 atom stereocenters. The average Bonchev–Trinajstić information content (AvgIpc) is 2.72. The van der Waals surface area contributed by atoms with Crippen LogP contribution in [0, 0.1) is 11.2 Å². The van der Waals surface area contributed by atoms with E-state index >= 15 is 0 Å². The summed E-state index contributed by atoms with van der Waals surface area (Å²) in [6, 6.07) is 8.33. The minimum Gasteiger partial charge on any atom is -0.334 e. The summed E-state index contributed by atoms with van der Waals surface area (Å²) < 4.78 is 3.05. The molecule has 0 spiro atoms. The molecule has 20 heavy (non-hydrogen) atoms. The predicted octanol–water partition coefficient (Wildman–Crippen LogP) is 2.22. The van der Waals surface area contributed by atoms with Crippen LogP contribution >= 0.6 is 23.2 Å². The number of aromatic nitrogens is 2. The summed E-state index contributed by atoms with van der Waals surface area (Å²) in [6.45, 7) is 4.24. The van der Waals surface area contributed by atoms with Crippen molar-refractivity contribution in [2.75, 3.05) is 11.5 Å². The van der Waals surface area contributed by atoms with Gasteiger partial charge >= 0.3 is 4.70 Å². The Hall–Kier alpha value is -1.06. The molecule has 0 saturated heterocycles. The third-order valence-electron chi connectivity index (χ3n) is 3.60. The van der Waals surface area contributed by atoms with Gasteiger partial charge < -0.3 is 23.2 Å². The molecule has 6 heteroatoms. The Labute approximate surface area is 129 Å². The van der Waals surface area contributed by atoms with E-state index in [1.165, 1.54) is 11.0 Å². The smallest absolute Gasteiger partial charge is 0.323 e. The first-order valence-electron chi connectivity index (χ1n) is 6.88. The second kappa shape index (κ2) is 6.15. The molecule has 0 N–H and O–H groups in total. The summed E-state index contributed by atoms with van der Waals surface area (Å²) >= 11 is 3.54. The Morgan fingerprint density at radius 1 is 1.25 bits per heavy atom. The van der Waals surface area contributed by atoms with Crippen LogP contribution in [0.25, 0.3) is 11.0 Å². The van der Waals surface area contributed by atoms with Crippen molar-refractivity contribution in [1.82, 2.24) is 4.57 Å². The zero-order valence-corrected chi connectivity index (χ0v) is 14.1. The molecule has 0 amide bonds. The van der Waals surface area contributed by atoms with Crippen LogP contribution in [0.1, 0.15) is 13.8 Å². The first-order chi connectivity index (χ1) is 9.61. The zero-order chi connectivity index (χ0) is 14.8. The molecule has 3 nitrogen and oxygen atoms in total. The van der Waals surface area contributed by atoms with E-state index in [0.29, 0.717) is 0 Å². The summed E-state index contributed by atoms with van der Waals surface area (Å²) in [6.07, 6.45) is 0. The van der Waals surface area contributed by atoms with Gasteiger partial charge in [-0.2, -0.15) is 0 Å². The van der Waals surface area contributed by atoms with Gasteiger partial charge in [-0.1, -0.05) is 26.0 Å². The molecule has 0 aliphatic carbocycles. The molecule has 2 rings (SSSR count). The van der Waals surface area contributed by atoms with Gasteiger partial charge in [-0.05, 0) is 23.6 Å². The Morgan fingerprint density at radius 3 is 2.35 bits per heavy atom. The maximum Gasteiger partial charge on any atom is 0.323 e. The van der Waals surface area contributed by atoms with Gasteiger partial charge in [0.15, 0.2) is 11.0 Å². The highest BCUT2D eigenvalue weighted by Crippen LogP contribution is 2.31. The van der Waals surface area contributed by atoms with E-state index in [1.807, 2.05) is 12.1 Å². The van der Waals surface area contributed by atoms with Gasteiger partial charge in [-0.15, -0.1) is 5.97 Å². The highest BCUT2D eigenvalue weighted by molar-refractivity contribution is 8.60. The van der Waals surface area contributed by atoms with Crippen molar-refractivity contribution in [1.29, 1.82) is 5.26 Å². The van der Waals surface area contributed by atoms with Crippen molar-refractivity contribution in [3.63, 3.8) is 0 Å². The van der Waals surface area contributed by atoms with Crippen molar-refractivity contribution >= 4 is 44.7 Å². The molecular weight excluding hydrogens is 285 g/mol. The van der Waals surface area contributed by atoms with E-state index in [2.05, 4.69) is 55.2 Å². The molecule has 0 aliphatic rings. The van der Waals surface area contributed by atoms with Gasteiger partial charge in [0.2, 0.25) is 0 Å². The van der Waals surface area contributed by atoms with Gasteiger partial charge in [-0.3, -0.25) is 9.13 Å². The van der Waals surface area contributed by atoms with Crippen molar-refractivity contribution in [2.24, 2.45) is 14.1 Å². The molecule has 2 aromatic rings. The van der Waals surface area contributed by atoms with Crippen molar-refractivity contribution < 1.29 is 4.57 Å². The largest absolute Gasteiger partial charge is 0.334 e. The summed E-state index contributed by atoms with van der Waals surface area (Å²) in [7, 11) is 4.13. The van der Waals surface area contributed by atoms with Gasteiger partial charge in [0.05, 0.1) is 14.1 Å². The average molecular weight is 305 g/mol. The summed E-state index contributed by atoms with van der Waals surface area (Å²) in [4.78, 5) is 0. The minimum atomic E-state index is -1.32. The monoisotopic (exact) mass is 305 g/mol. The van der Waals surface area contributed by atoms with Crippen LogP contribution in [0.2, 0.25) is 0 Å². The number of aryl methyl sites for hydroxylation is 2. The van der Waals surface area contributed by atoms with E-state index in [9.17, 15) is 5.26 Å². The third kappa shape index (κ3) is 2.34. The molecule has 0 bridgehead atoms. The zero-order valence-electron chi connectivity index (χ0n) is 12.5. The van der Waals surface area contributed by atoms with Gasteiger partial charge in [0.1, 0.15) is 5.72 Å². The normalized spacial score (nSPS) is 11.8. The second-order valence-electron chi connectivity index (χ2n) is 4.72. The third-order valence-corrected chi connectivity index (χ3v) is 6.66. The molecule has 1 aromatic heterocycles. The van der Waals surface area contributed by atoms with Crippen LogP contribution in [0.5, 0.6) is 0 Å². The fraction of sp³-hybridized carbons (Fsp3) is 0.429. The minimum absolute atomic E-state index is 0.947. The number of rotatable bonds is 5. The first kappa shape index (κ1) is 15.3. The number of nitriles is 1. The van der Waals surface area contributed by atoms with E-state index in [-0.39, 0.29) is 0 Å². The first-order valence-corrected chi connectivity index (χ1v) is 8.98. The van der Waals surface area contributed by atoms with Crippen molar-refractivity contribution in [2.45, 2.75) is 13.8 Å². The van der Waals surface area contributed by atoms with Gasteiger partial charge in [0.25, 0.3) is 0 Å². The molecule has 106 valence electrons. The van der Waals surface area contributed by atoms with Crippen LogP contribution in [-0.4, -0.2) is 20.8 Å². The lowest BCUT2D eigenvalue weighted by Gasteiger charge is -2.29. The molecule has 0 aliphatic heterocycles. The Bertz CT molecular complexity index is 615. The lowest BCUT2D eigenvalue weighted by atomic mass is 9.74. The lowest BCUT2D eigenvalue weighted by Crippen LogP contribution is -2.61. The number of fused-ring (bicyclic) bond motifs is 1. The van der Waals surface area contributed by atoms with Gasteiger partial charge in [-0.25, -0.2) is 5.26 Å². The Balaban J connectivity index is 2.74. The number of hydrogen-bond acceptors (Lipinski definition) is 3. The number of nitrogens with zero attached hydrogens (tertiary/aromatic N) is 3. The highest BCUT2D eigenvalue weighted by Gasteiger charge is 2.38. The molecule has 1 aromatic carbocycles. The number of imidazole rings is 1. The second-order valence-corrected chi connectivity index (χ2v) is 8.25. The molecule has 0 saturated carbocycles. The van der Waals surface area contributed by atoms with Crippen LogP contribution in [0.15, 0.2) is 24.3 Å². The summed E-state index contributed by atoms with van der Waals surface area (Å²) in [5, 5.41) is 9.88. The number of para-hydroxylation sites is 2. The van der Waals surface area contributed by atoms with E-state index in [0.717, 1.165) is 17.2 Å². The Morgan fingerprint density at radius 2 is 1.85 bits per heavy atom. The highest BCUT2D eigenvalue weighted by atomic mass is 32.2. The topological polar surface area (TPSA) is 32.6 Å². The van der Waals surface area contributed by atoms with E-state index < -0.39 is 4.70 Å². The molecule has 0 unspecified atom stereocenters. The number of hydrogen-bond donors (Lipinski definition) is 0. The summed E-state index contributed by atoms with van der Waals surface area (Å²) in [5.74, 6) is 4.52. The van der Waals surface area contributed by atoms with Crippen molar-refractivity contribution in [3.05, 3.63) is 24.3 Å². The fourth-order valence-corrected chi connectivity index (χ4v) is 6.03. The van der Waals surface area contributed by atoms with Crippen LogP contribution in [-0.2, 0) is 14.1 Å². The van der Waals surface area contributed by atoms with Gasteiger partial charge in [0, 0.05) is 0 Å². The summed E-state index contributed by atoms with van der Waals surface area (Å²) in [5.41, 5.74) is 3.48.